The van der Waals surface area contributed by atoms with Crippen LogP contribution in [0.5, 0.6) is 11.5 Å². The maximum absolute atomic E-state index is 12.9. The van der Waals surface area contributed by atoms with E-state index in [9.17, 15) is 13.2 Å². The molecule has 2 aromatic carbocycles. The molecule has 0 saturated carbocycles. The van der Waals surface area contributed by atoms with Gasteiger partial charge in [0.1, 0.15) is 16.4 Å². The lowest BCUT2D eigenvalue weighted by Crippen LogP contribution is -2.35. The number of aryl methyl sites for hydroxylation is 1. The molecule has 0 unspecified atom stereocenters. The summed E-state index contributed by atoms with van der Waals surface area (Å²) in [5, 5.41) is 0. The SMILES string of the molecule is COc1ccc(S(=O)(=O)Nc2ccc(C)c(N3CCCCC3=O)c2)c(OC)c1. The van der Waals surface area contributed by atoms with Crippen LogP contribution in [0.25, 0.3) is 0 Å². The van der Waals surface area contributed by atoms with Crippen LogP contribution < -0.4 is 19.1 Å². The Kier molecular flexibility index (Phi) is 5.79. The molecule has 1 aliphatic rings. The molecule has 150 valence electrons. The number of methoxy groups -OCH3 is 2. The van der Waals surface area contributed by atoms with E-state index in [-0.39, 0.29) is 16.6 Å². The number of amides is 1. The molecule has 1 fully saturated rings. The Balaban J connectivity index is 1.93. The normalized spacial score (nSPS) is 14.7. The zero-order valence-electron chi connectivity index (χ0n) is 16.2. The van der Waals surface area contributed by atoms with Crippen molar-refractivity contribution in [2.24, 2.45) is 0 Å². The third kappa shape index (κ3) is 4.06. The van der Waals surface area contributed by atoms with Gasteiger partial charge in [0, 0.05) is 24.7 Å². The standard InChI is InChI=1S/C20H24N2O5S/c1-14-7-8-15(12-17(14)22-11-5-4-6-20(22)23)21-28(24,25)19-10-9-16(26-2)13-18(19)27-3/h7-10,12-13,21H,4-6,11H2,1-3H3. The number of nitrogens with one attached hydrogen (secondary N) is 1. The number of carbonyl (C=O) groups excluding carboxylic acids is 1. The number of anilines is 2. The van der Waals surface area contributed by atoms with Gasteiger partial charge in [0.05, 0.1) is 19.9 Å². The molecule has 1 saturated heterocycles. The van der Waals surface area contributed by atoms with Crippen molar-refractivity contribution < 1.29 is 22.7 Å². The fourth-order valence-electron chi connectivity index (χ4n) is 3.23. The summed E-state index contributed by atoms with van der Waals surface area (Å²) in [7, 11) is -0.989. The largest absolute Gasteiger partial charge is 0.497 e. The minimum Gasteiger partial charge on any atom is -0.497 e. The van der Waals surface area contributed by atoms with E-state index in [0.29, 0.717) is 24.4 Å². The first-order valence-electron chi connectivity index (χ1n) is 9.01. The van der Waals surface area contributed by atoms with E-state index in [2.05, 4.69) is 4.72 Å². The van der Waals surface area contributed by atoms with Gasteiger partial charge < -0.3 is 14.4 Å². The summed E-state index contributed by atoms with van der Waals surface area (Å²) in [5.74, 6) is 0.744. The molecule has 0 radical (unpaired) electrons. The van der Waals surface area contributed by atoms with Crippen molar-refractivity contribution in [3.8, 4) is 11.5 Å². The van der Waals surface area contributed by atoms with Crippen molar-refractivity contribution in [3.63, 3.8) is 0 Å². The summed E-state index contributed by atoms with van der Waals surface area (Å²) >= 11 is 0. The molecule has 3 rings (SSSR count). The molecule has 1 aliphatic heterocycles. The van der Waals surface area contributed by atoms with Crippen molar-refractivity contribution in [1.82, 2.24) is 0 Å². The van der Waals surface area contributed by atoms with Crippen LogP contribution in [0.2, 0.25) is 0 Å². The number of rotatable bonds is 6. The quantitative estimate of drug-likeness (QED) is 0.798. The van der Waals surface area contributed by atoms with Gasteiger partial charge in [-0.25, -0.2) is 8.42 Å². The molecule has 28 heavy (non-hydrogen) atoms. The van der Waals surface area contributed by atoms with Gasteiger partial charge in [-0.15, -0.1) is 0 Å². The summed E-state index contributed by atoms with van der Waals surface area (Å²) in [6.45, 7) is 2.55. The van der Waals surface area contributed by atoms with Crippen LogP contribution in [0.1, 0.15) is 24.8 Å². The molecular formula is C20H24N2O5S. The third-order valence-corrected chi connectivity index (χ3v) is 6.16. The first kappa shape index (κ1) is 20.0. The first-order chi connectivity index (χ1) is 13.4. The second kappa shape index (κ2) is 8.10. The highest BCUT2D eigenvalue weighted by atomic mass is 32.2. The molecule has 8 heteroatoms. The van der Waals surface area contributed by atoms with Gasteiger partial charge in [-0.3, -0.25) is 9.52 Å². The van der Waals surface area contributed by atoms with Crippen LogP contribution in [0.4, 0.5) is 11.4 Å². The van der Waals surface area contributed by atoms with Crippen LogP contribution in [-0.4, -0.2) is 35.1 Å². The molecule has 1 heterocycles. The highest BCUT2D eigenvalue weighted by Gasteiger charge is 2.23. The lowest BCUT2D eigenvalue weighted by Gasteiger charge is -2.28. The van der Waals surface area contributed by atoms with E-state index < -0.39 is 10.0 Å². The molecule has 7 nitrogen and oxygen atoms in total. The zero-order valence-corrected chi connectivity index (χ0v) is 17.0. The Morgan fingerprint density at radius 3 is 2.50 bits per heavy atom. The topological polar surface area (TPSA) is 84.9 Å². The van der Waals surface area contributed by atoms with Crippen molar-refractivity contribution >= 4 is 27.3 Å². The van der Waals surface area contributed by atoms with Crippen molar-refractivity contribution in [1.29, 1.82) is 0 Å². The number of carbonyl (C=O) groups is 1. The van der Waals surface area contributed by atoms with Gasteiger partial charge in [-0.1, -0.05) is 6.07 Å². The van der Waals surface area contributed by atoms with Crippen LogP contribution in [-0.2, 0) is 14.8 Å². The van der Waals surface area contributed by atoms with Gasteiger partial charge >= 0.3 is 0 Å². The predicted molar refractivity (Wildman–Crippen MR) is 108 cm³/mol. The van der Waals surface area contributed by atoms with Crippen molar-refractivity contribution in [2.75, 3.05) is 30.4 Å². The molecule has 0 bridgehead atoms. The number of ether oxygens (including phenoxy) is 2. The first-order valence-corrected chi connectivity index (χ1v) is 10.5. The maximum Gasteiger partial charge on any atom is 0.265 e. The highest BCUT2D eigenvalue weighted by Crippen LogP contribution is 2.32. The van der Waals surface area contributed by atoms with Crippen LogP contribution >= 0.6 is 0 Å². The minimum absolute atomic E-state index is 0.00646. The average Bonchev–Trinajstić information content (AvgIpc) is 2.69. The van der Waals surface area contributed by atoms with Gasteiger partial charge in [-0.05, 0) is 49.6 Å². The molecule has 0 atom stereocenters. The third-order valence-electron chi connectivity index (χ3n) is 4.74. The van der Waals surface area contributed by atoms with Gasteiger partial charge in [0.15, 0.2) is 0 Å². The summed E-state index contributed by atoms with van der Waals surface area (Å²) in [6, 6.07) is 9.70. The minimum atomic E-state index is -3.89. The second-order valence-corrected chi connectivity index (χ2v) is 8.28. The van der Waals surface area contributed by atoms with Crippen LogP contribution in [0.3, 0.4) is 0 Å². The number of nitrogens with zero attached hydrogens (tertiary/aromatic N) is 1. The number of hydrogen-bond acceptors (Lipinski definition) is 5. The van der Waals surface area contributed by atoms with Crippen LogP contribution in [0.15, 0.2) is 41.3 Å². The Hall–Kier alpha value is -2.74. The smallest absolute Gasteiger partial charge is 0.265 e. The van der Waals surface area contributed by atoms with E-state index in [0.717, 1.165) is 24.1 Å². The number of piperidine rings is 1. The molecule has 0 spiro atoms. The molecule has 0 aromatic heterocycles. The summed E-state index contributed by atoms with van der Waals surface area (Å²) in [4.78, 5) is 14.0. The fraction of sp³-hybridized carbons (Fsp3) is 0.350. The summed E-state index contributed by atoms with van der Waals surface area (Å²) in [5.41, 5.74) is 2.03. The molecule has 0 aliphatic carbocycles. The molecule has 2 aromatic rings. The molecule has 1 N–H and O–H groups in total. The summed E-state index contributed by atoms with van der Waals surface area (Å²) < 4.78 is 38.7. The monoisotopic (exact) mass is 404 g/mol. The zero-order chi connectivity index (χ0) is 20.3. The van der Waals surface area contributed by atoms with Crippen molar-refractivity contribution in [3.05, 3.63) is 42.0 Å². The Labute approximate surface area is 165 Å². The fourth-order valence-corrected chi connectivity index (χ4v) is 4.43. The molecular weight excluding hydrogens is 380 g/mol. The van der Waals surface area contributed by atoms with Gasteiger partial charge in [0.25, 0.3) is 10.0 Å². The maximum atomic E-state index is 12.9. The van der Waals surface area contributed by atoms with Crippen molar-refractivity contribution in [2.45, 2.75) is 31.1 Å². The van der Waals surface area contributed by atoms with E-state index in [1.54, 1.807) is 29.2 Å². The van der Waals surface area contributed by atoms with E-state index >= 15 is 0 Å². The Morgan fingerprint density at radius 1 is 1.04 bits per heavy atom. The van der Waals surface area contributed by atoms with E-state index in [1.165, 1.54) is 26.4 Å². The lowest BCUT2D eigenvalue weighted by atomic mass is 10.1. The molecule has 1 amide bonds. The summed E-state index contributed by atoms with van der Waals surface area (Å²) in [6.07, 6.45) is 2.33. The number of hydrogen-bond donors (Lipinski definition) is 1. The van der Waals surface area contributed by atoms with E-state index in [4.69, 9.17) is 9.47 Å². The second-order valence-electron chi connectivity index (χ2n) is 6.63. The van der Waals surface area contributed by atoms with Crippen LogP contribution in [0, 0.1) is 6.92 Å². The Bertz CT molecular complexity index is 988. The lowest BCUT2D eigenvalue weighted by molar-refractivity contribution is -0.119. The predicted octanol–water partition coefficient (Wildman–Crippen LogP) is 3.33. The van der Waals surface area contributed by atoms with E-state index in [1.807, 2.05) is 6.92 Å². The highest BCUT2D eigenvalue weighted by molar-refractivity contribution is 7.92. The Morgan fingerprint density at radius 2 is 1.82 bits per heavy atom. The number of benzene rings is 2. The number of sulfonamides is 1. The van der Waals surface area contributed by atoms with Gasteiger partial charge in [0.2, 0.25) is 5.91 Å². The van der Waals surface area contributed by atoms with Gasteiger partial charge in [-0.2, -0.15) is 0 Å². The average molecular weight is 404 g/mol.